The van der Waals surface area contributed by atoms with Crippen molar-refractivity contribution in [1.29, 1.82) is 0 Å². The average Bonchev–Trinajstić information content (AvgIpc) is 3.20. The fourth-order valence-electron chi connectivity index (χ4n) is 3.42. The number of nitrogens with zero attached hydrogens (tertiary/aromatic N) is 4. The number of aryl methyl sites for hydroxylation is 1. The number of hydrogen-bond acceptors (Lipinski definition) is 5. The molecule has 7 heteroatoms. The molecule has 1 heterocycles. The lowest BCUT2D eigenvalue weighted by Gasteiger charge is -2.22. The SMILES string of the molecule is CCCCn1c(SCC(=O)N(CC)c2ccccc2C)nnc1-c1ccc(OC)cc1. The molecular formula is C24H30N4O2S. The van der Waals surface area contributed by atoms with Crippen LogP contribution in [0.3, 0.4) is 0 Å². The van der Waals surface area contributed by atoms with Gasteiger partial charge in [-0.05, 0) is 56.2 Å². The first kappa shape index (κ1) is 22.9. The summed E-state index contributed by atoms with van der Waals surface area (Å²) in [5.74, 6) is 2.00. The van der Waals surface area contributed by atoms with E-state index >= 15 is 0 Å². The standard InChI is InChI=1S/C24H30N4O2S/c1-5-7-16-28-23(19-12-14-20(30-4)15-13-19)25-26-24(28)31-17-22(29)27(6-2)21-11-9-8-10-18(21)3/h8-15H,5-7,16-17H2,1-4H3. The molecule has 0 spiro atoms. The molecule has 1 amide bonds. The maximum absolute atomic E-state index is 13.0. The number of amides is 1. The normalized spacial score (nSPS) is 10.8. The Bertz CT molecular complexity index is 1000. The van der Waals surface area contributed by atoms with Crippen LogP contribution in [-0.4, -0.2) is 40.1 Å². The van der Waals surface area contributed by atoms with E-state index in [2.05, 4.69) is 21.7 Å². The van der Waals surface area contributed by atoms with Crippen molar-refractivity contribution >= 4 is 23.4 Å². The minimum Gasteiger partial charge on any atom is -0.497 e. The molecule has 0 aliphatic heterocycles. The number of carbonyl (C=O) groups is 1. The number of para-hydroxylation sites is 1. The number of aromatic nitrogens is 3. The fraction of sp³-hybridized carbons (Fsp3) is 0.375. The van der Waals surface area contributed by atoms with Crippen LogP contribution in [0.25, 0.3) is 11.4 Å². The maximum Gasteiger partial charge on any atom is 0.237 e. The Balaban J connectivity index is 1.79. The largest absolute Gasteiger partial charge is 0.497 e. The number of hydrogen-bond donors (Lipinski definition) is 0. The van der Waals surface area contributed by atoms with Crippen LogP contribution < -0.4 is 9.64 Å². The van der Waals surface area contributed by atoms with Crippen LogP contribution in [0.1, 0.15) is 32.3 Å². The molecule has 0 saturated heterocycles. The van der Waals surface area contributed by atoms with Crippen LogP contribution in [0.4, 0.5) is 5.69 Å². The molecule has 0 saturated carbocycles. The molecular weight excluding hydrogens is 408 g/mol. The summed E-state index contributed by atoms with van der Waals surface area (Å²) >= 11 is 1.45. The van der Waals surface area contributed by atoms with Crippen LogP contribution in [0.5, 0.6) is 5.75 Å². The summed E-state index contributed by atoms with van der Waals surface area (Å²) < 4.78 is 7.38. The summed E-state index contributed by atoms with van der Waals surface area (Å²) in [4.78, 5) is 14.8. The lowest BCUT2D eigenvalue weighted by atomic mass is 10.2. The molecule has 6 nitrogen and oxygen atoms in total. The number of anilines is 1. The van der Waals surface area contributed by atoms with Crippen molar-refractivity contribution < 1.29 is 9.53 Å². The summed E-state index contributed by atoms with van der Waals surface area (Å²) in [7, 11) is 1.65. The van der Waals surface area contributed by atoms with Gasteiger partial charge >= 0.3 is 0 Å². The Morgan fingerprint density at radius 1 is 1.10 bits per heavy atom. The van der Waals surface area contributed by atoms with Crippen molar-refractivity contribution in [3.05, 3.63) is 54.1 Å². The summed E-state index contributed by atoms with van der Waals surface area (Å²) in [6.07, 6.45) is 2.09. The lowest BCUT2D eigenvalue weighted by molar-refractivity contribution is -0.116. The highest BCUT2D eigenvalue weighted by atomic mass is 32.2. The van der Waals surface area contributed by atoms with Gasteiger partial charge in [-0.25, -0.2) is 0 Å². The number of unbranched alkanes of at least 4 members (excludes halogenated alkanes) is 1. The van der Waals surface area contributed by atoms with Gasteiger partial charge in [-0.15, -0.1) is 10.2 Å². The van der Waals surface area contributed by atoms with Crippen molar-refractivity contribution in [3.8, 4) is 17.1 Å². The molecule has 2 aromatic carbocycles. The number of rotatable bonds is 10. The monoisotopic (exact) mass is 438 g/mol. The Morgan fingerprint density at radius 2 is 1.84 bits per heavy atom. The van der Waals surface area contributed by atoms with Gasteiger partial charge in [0.1, 0.15) is 5.75 Å². The van der Waals surface area contributed by atoms with Crippen molar-refractivity contribution in [2.24, 2.45) is 0 Å². The highest BCUT2D eigenvalue weighted by Crippen LogP contribution is 2.27. The van der Waals surface area contributed by atoms with Crippen LogP contribution in [0.15, 0.2) is 53.7 Å². The minimum absolute atomic E-state index is 0.0674. The topological polar surface area (TPSA) is 60.2 Å². The quantitative estimate of drug-likeness (QED) is 0.407. The number of carbonyl (C=O) groups excluding carboxylic acids is 1. The van der Waals surface area contributed by atoms with E-state index in [1.165, 1.54) is 11.8 Å². The highest BCUT2D eigenvalue weighted by Gasteiger charge is 2.19. The summed E-state index contributed by atoms with van der Waals surface area (Å²) in [5, 5.41) is 9.62. The number of methoxy groups -OCH3 is 1. The van der Waals surface area contributed by atoms with Crippen LogP contribution in [0, 0.1) is 6.92 Å². The first-order valence-corrected chi connectivity index (χ1v) is 11.6. The van der Waals surface area contributed by atoms with E-state index in [9.17, 15) is 4.79 Å². The molecule has 0 aliphatic rings. The van der Waals surface area contributed by atoms with Gasteiger partial charge in [-0.1, -0.05) is 43.3 Å². The number of benzene rings is 2. The second kappa shape index (κ2) is 11.0. The van der Waals surface area contributed by atoms with Gasteiger partial charge in [0, 0.05) is 24.3 Å². The zero-order valence-electron chi connectivity index (χ0n) is 18.7. The van der Waals surface area contributed by atoms with Crippen LogP contribution in [-0.2, 0) is 11.3 Å². The van der Waals surface area contributed by atoms with Crippen molar-refractivity contribution in [1.82, 2.24) is 14.8 Å². The minimum atomic E-state index is 0.0674. The Labute approximate surface area is 188 Å². The fourth-order valence-corrected chi connectivity index (χ4v) is 4.26. The van der Waals surface area contributed by atoms with E-state index in [1.54, 1.807) is 7.11 Å². The molecule has 3 aromatic rings. The molecule has 0 atom stereocenters. The predicted molar refractivity (Wildman–Crippen MR) is 127 cm³/mol. The van der Waals surface area contributed by atoms with Gasteiger partial charge in [0.2, 0.25) is 5.91 Å². The lowest BCUT2D eigenvalue weighted by Crippen LogP contribution is -2.32. The van der Waals surface area contributed by atoms with E-state index in [4.69, 9.17) is 4.74 Å². The molecule has 3 rings (SSSR count). The molecule has 0 fully saturated rings. The molecule has 0 radical (unpaired) electrons. The molecule has 164 valence electrons. The van der Waals surface area contributed by atoms with Crippen LogP contribution >= 0.6 is 11.8 Å². The molecule has 0 bridgehead atoms. The summed E-state index contributed by atoms with van der Waals surface area (Å²) in [6.45, 7) is 7.64. The van der Waals surface area contributed by atoms with E-state index in [0.717, 1.165) is 52.9 Å². The Kier molecular flexibility index (Phi) is 8.12. The highest BCUT2D eigenvalue weighted by molar-refractivity contribution is 7.99. The van der Waals surface area contributed by atoms with Crippen molar-refractivity contribution in [2.75, 3.05) is 24.3 Å². The van der Waals surface area contributed by atoms with Crippen LogP contribution in [0.2, 0.25) is 0 Å². The molecule has 0 aliphatic carbocycles. The van der Waals surface area contributed by atoms with Gasteiger partial charge in [0.15, 0.2) is 11.0 Å². The van der Waals surface area contributed by atoms with Gasteiger partial charge < -0.3 is 14.2 Å². The zero-order valence-corrected chi connectivity index (χ0v) is 19.5. The number of ether oxygens (including phenoxy) is 1. The zero-order chi connectivity index (χ0) is 22.2. The number of thioether (sulfide) groups is 1. The summed E-state index contributed by atoms with van der Waals surface area (Å²) in [5.41, 5.74) is 3.04. The van der Waals surface area contributed by atoms with Crippen molar-refractivity contribution in [3.63, 3.8) is 0 Å². The van der Waals surface area contributed by atoms with Gasteiger partial charge in [-0.3, -0.25) is 4.79 Å². The molecule has 0 N–H and O–H groups in total. The Morgan fingerprint density at radius 3 is 2.48 bits per heavy atom. The first-order chi connectivity index (χ1) is 15.1. The Hall–Kier alpha value is -2.80. The summed E-state index contributed by atoms with van der Waals surface area (Å²) in [6, 6.07) is 15.8. The van der Waals surface area contributed by atoms with E-state index < -0.39 is 0 Å². The molecule has 0 unspecified atom stereocenters. The van der Waals surface area contributed by atoms with E-state index in [0.29, 0.717) is 12.3 Å². The second-order valence-corrected chi connectivity index (χ2v) is 8.20. The third-order valence-electron chi connectivity index (χ3n) is 5.15. The maximum atomic E-state index is 13.0. The average molecular weight is 439 g/mol. The molecule has 31 heavy (non-hydrogen) atoms. The predicted octanol–water partition coefficient (Wildman–Crippen LogP) is 5.21. The van der Waals surface area contributed by atoms with Gasteiger partial charge in [-0.2, -0.15) is 0 Å². The third-order valence-corrected chi connectivity index (χ3v) is 6.10. The van der Waals surface area contributed by atoms with Gasteiger partial charge in [0.25, 0.3) is 0 Å². The van der Waals surface area contributed by atoms with Gasteiger partial charge in [0.05, 0.1) is 12.9 Å². The second-order valence-electron chi connectivity index (χ2n) is 7.25. The van der Waals surface area contributed by atoms with E-state index in [-0.39, 0.29) is 5.91 Å². The molecule has 1 aromatic heterocycles. The van der Waals surface area contributed by atoms with Crippen molar-refractivity contribution in [2.45, 2.75) is 45.3 Å². The smallest absolute Gasteiger partial charge is 0.237 e. The van der Waals surface area contributed by atoms with E-state index in [1.807, 2.05) is 67.3 Å². The third kappa shape index (κ3) is 5.47. The first-order valence-electron chi connectivity index (χ1n) is 10.6.